The summed E-state index contributed by atoms with van der Waals surface area (Å²) in [5, 5.41) is 15.0. The van der Waals surface area contributed by atoms with Crippen molar-refractivity contribution in [2.75, 3.05) is 16.8 Å². The van der Waals surface area contributed by atoms with Gasteiger partial charge in [0, 0.05) is 6.20 Å². The van der Waals surface area contributed by atoms with Gasteiger partial charge in [0.25, 0.3) is 0 Å². The zero-order valence-electron chi connectivity index (χ0n) is 13.2. The van der Waals surface area contributed by atoms with Gasteiger partial charge in [0.2, 0.25) is 5.91 Å². The normalized spacial score (nSPS) is 14.5. The summed E-state index contributed by atoms with van der Waals surface area (Å²) in [5.41, 5.74) is 1.40. The number of nitrogens with zero attached hydrogens (tertiary/aromatic N) is 2. The SMILES string of the molecule is CCC(NC(=O)N1CC(=O)Nc2cccnc21)c1ccc(O)cc1. The average molecular weight is 326 g/mol. The monoisotopic (exact) mass is 326 g/mol. The molecule has 0 spiro atoms. The smallest absolute Gasteiger partial charge is 0.324 e. The molecule has 0 radical (unpaired) electrons. The second-order valence-corrected chi connectivity index (χ2v) is 5.51. The summed E-state index contributed by atoms with van der Waals surface area (Å²) in [6.45, 7) is 1.87. The van der Waals surface area contributed by atoms with Crippen molar-refractivity contribution >= 4 is 23.4 Å². The number of carbonyl (C=O) groups excluding carboxylic acids is 2. The molecule has 7 nitrogen and oxygen atoms in total. The molecule has 2 heterocycles. The number of anilines is 2. The molecule has 1 unspecified atom stereocenters. The van der Waals surface area contributed by atoms with Crippen molar-refractivity contribution < 1.29 is 14.7 Å². The second kappa shape index (κ2) is 6.57. The van der Waals surface area contributed by atoms with E-state index < -0.39 is 0 Å². The second-order valence-electron chi connectivity index (χ2n) is 5.51. The lowest BCUT2D eigenvalue weighted by atomic mass is 10.0. The molecule has 3 rings (SSSR count). The van der Waals surface area contributed by atoms with Crippen molar-refractivity contribution in [3.05, 3.63) is 48.2 Å². The standard InChI is InChI=1S/C17H18N4O3/c1-2-13(11-5-7-12(22)8-6-11)20-17(24)21-10-15(23)19-14-4-3-9-18-16(14)21/h3-9,13,22H,2,10H2,1H3,(H,19,23)(H,20,24). The van der Waals surface area contributed by atoms with Crippen LogP contribution in [0, 0.1) is 0 Å². The molecule has 1 atom stereocenters. The molecule has 1 aromatic heterocycles. The van der Waals surface area contributed by atoms with Gasteiger partial charge in [-0.15, -0.1) is 0 Å². The molecule has 1 aliphatic rings. The van der Waals surface area contributed by atoms with Crippen LogP contribution < -0.4 is 15.5 Å². The molecule has 0 bridgehead atoms. The topological polar surface area (TPSA) is 94.6 Å². The van der Waals surface area contributed by atoms with E-state index in [2.05, 4.69) is 15.6 Å². The van der Waals surface area contributed by atoms with Gasteiger partial charge in [-0.05, 0) is 36.2 Å². The number of hydrogen-bond donors (Lipinski definition) is 3. The highest BCUT2D eigenvalue weighted by atomic mass is 16.3. The largest absolute Gasteiger partial charge is 0.508 e. The van der Waals surface area contributed by atoms with Gasteiger partial charge < -0.3 is 15.7 Å². The molecular formula is C17H18N4O3. The van der Waals surface area contributed by atoms with E-state index in [9.17, 15) is 14.7 Å². The van der Waals surface area contributed by atoms with Gasteiger partial charge in [-0.1, -0.05) is 19.1 Å². The first-order chi connectivity index (χ1) is 11.6. The van der Waals surface area contributed by atoms with Crippen LogP contribution >= 0.6 is 0 Å². The number of pyridine rings is 1. The van der Waals surface area contributed by atoms with E-state index in [-0.39, 0.29) is 30.3 Å². The number of nitrogens with one attached hydrogen (secondary N) is 2. The molecule has 0 aliphatic carbocycles. The lowest BCUT2D eigenvalue weighted by Gasteiger charge is -2.29. The molecule has 0 fully saturated rings. The minimum Gasteiger partial charge on any atom is -0.508 e. The Bertz CT molecular complexity index is 761. The summed E-state index contributed by atoms with van der Waals surface area (Å²) in [7, 11) is 0. The van der Waals surface area contributed by atoms with Crippen molar-refractivity contribution in [1.29, 1.82) is 0 Å². The number of phenols is 1. The summed E-state index contributed by atoms with van der Waals surface area (Å²) < 4.78 is 0. The van der Waals surface area contributed by atoms with E-state index in [1.807, 2.05) is 6.92 Å². The minimum absolute atomic E-state index is 0.0815. The Morgan fingerprint density at radius 2 is 2.12 bits per heavy atom. The lowest BCUT2D eigenvalue weighted by Crippen LogP contribution is -2.48. The van der Waals surface area contributed by atoms with E-state index in [4.69, 9.17) is 0 Å². The zero-order chi connectivity index (χ0) is 17.1. The molecule has 3 amide bonds. The highest BCUT2D eigenvalue weighted by Crippen LogP contribution is 2.27. The van der Waals surface area contributed by atoms with Gasteiger partial charge in [0.1, 0.15) is 12.3 Å². The van der Waals surface area contributed by atoms with Crippen molar-refractivity contribution in [2.45, 2.75) is 19.4 Å². The molecule has 1 aliphatic heterocycles. The molecule has 3 N–H and O–H groups in total. The molecule has 1 aromatic carbocycles. The van der Waals surface area contributed by atoms with Gasteiger partial charge in [-0.25, -0.2) is 9.78 Å². The number of urea groups is 1. The first-order valence-electron chi connectivity index (χ1n) is 7.70. The summed E-state index contributed by atoms with van der Waals surface area (Å²) in [4.78, 5) is 30.0. The Kier molecular flexibility index (Phi) is 4.33. The number of carbonyl (C=O) groups is 2. The maximum absolute atomic E-state index is 12.7. The van der Waals surface area contributed by atoms with Gasteiger partial charge in [0.15, 0.2) is 5.82 Å². The van der Waals surface area contributed by atoms with Gasteiger partial charge in [-0.3, -0.25) is 9.69 Å². The maximum atomic E-state index is 12.7. The van der Waals surface area contributed by atoms with Crippen molar-refractivity contribution in [3.8, 4) is 5.75 Å². The molecule has 7 heteroatoms. The van der Waals surface area contributed by atoms with Crippen LogP contribution in [0.15, 0.2) is 42.6 Å². The number of aromatic nitrogens is 1. The zero-order valence-corrected chi connectivity index (χ0v) is 13.2. The van der Waals surface area contributed by atoms with Crippen LogP contribution in [0.3, 0.4) is 0 Å². The Labute approximate surface area is 139 Å². The third kappa shape index (κ3) is 3.15. The first kappa shape index (κ1) is 15.8. The van der Waals surface area contributed by atoms with Crippen molar-refractivity contribution in [2.24, 2.45) is 0 Å². The van der Waals surface area contributed by atoms with Crippen LogP contribution in [0.2, 0.25) is 0 Å². The van der Waals surface area contributed by atoms with Crippen molar-refractivity contribution in [3.63, 3.8) is 0 Å². The van der Waals surface area contributed by atoms with Crippen LogP contribution in [-0.2, 0) is 4.79 Å². The molecule has 2 aromatic rings. The third-order valence-corrected chi connectivity index (χ3v) is 3.86. The Hall–Kier alpha value is -3.09. The van der Waals surface area contributed by atoms with Crippen LogP contribution in [-0.4, -0.2) is 28.6 Å². The summed E-state index contributed by atoms with van der Waals surface area (Å²) in [5.74, 6) is 0.337. The molecular weight excluding hydrogens is 308 g/mol. The number of fused-ring (bicyclic) bond motifs is 1. The van der Waals surface area contributed by atoms with Crippen LogP contribution in [0.1, 0.15) is 24.9 Å². The Balaban J connectivity index is 1.81. The van der Waals surface area contributed by atoms with Crippen LogP contribution in [0.5, 0.6) is 5.75 Å². The van der Waals surface area contributed by atoms with E-state index in [1.165, 1.54) is 4.90 Å². The van der Waals surface area contributed by atoms with E-state index in [0.717, 1.165) is 5.56 Å². The van der Waals surface area contributed by atoms with Crippen molar-refractivity contribution in [1.82, 2.24) is 10.3 Å². The number of phenolic OH excluding ortho intramolecular Hbond substituents is 1. The number of amides is 3. The highest BCUT2D eigenvalue weighted by molar-refractivity contribution is 6.08. The number of aromatic hydroxyl groups is 1. The summed E-state index contributed by atoms with van der Waals surface area (Å²) in [6.07, 6.45) is 2.25. The summed E-state index contributed by atoms with van der Waals surface area (Å²) >= 11 is 0. The Morgan fingerprint density at radius 1 is 1.38 bits per heavy atom. The fourth-order valence-electron chi connectivity index (χ4n) is 2.64. The first-order valence-corrected chi connectivity index (χ1v) is 7.70. The van der Waals surface area contributed by atoms with E-state index in [1.54, 1.807) is 42.6 Å². The van der Waals surface area contributed by atoms with Gasteiger partial charge in [0.05, 0.1) is 11.7 Å². The molecule has 24 heavy (non-hydrogen) atoms. The third-order valence-electron chi connectivity index (χ3n) is 3.86. The predicted octanol–water partition coefficient (Wildman–Crippen LogP) is 2.41. The van der Waals surface area contributed by atoms with E-state index in [0.29, 0.717) is 17.9 Å². The molecule has 0 saturated heterocycles. The summed E-state index contributed by atoms with van der Waals surface area (Å²) in [6, 6.07) is 9.48. The number of benzene rings is 1. The van der Waals surface area contributed by atoms with Crippen LogP contribution in [0.25, 0.3) is 0 Å². The fraction of sp³-hybridized carbons (Fsp3) is 0.235. The molecule has 124 valence electrons. The lowest BCUT2D eigenvalue weighted by molar-refractivity contribution is -0.115. The maximum Gasteiger partial charge on any atom is 0.324 e. The number of rotatable bonds is 3. The minimum atomic E-state index is -0.385. The van der Waals surface area contributed by atoms with Gasteiger partial charge >= 0.3 is 6.03 Å². The molecule has 0 saturated carbocycles. The average Bonchev–Trinajstić information content (AvgIpc) is 2.59. The van der Waals surface area contributed by atoms with Gasteiger partial charge in [-0.2, -0.15) is 0 Å². The highest BCUT2D eigenvalue weighted by Gasteiger charge is 2.29. The number of hydrogen-bond acceptors (Lipinski definition) is 4. The van der Waals surface area contributed by atoms with Crippen LogP contribution in [0.4, 0.5) is 16.3 Å². The fourth-order valence-corrected chi connectivity index (χ4v) is 2.64. The Morgan fingerprint density at radius 3 is 2.83 bits per heavy atom. The quantitative estimate of drug-likeness (QED) is 0.807. The van der Waals surface area contributed by atoms with E-state index >= 15 is 0 Å². The predicted molar refractivity (Wildman–Crippen MR) is 89.9 cm³/mol.